The first kappa shape index (κ1) is 14.8. The van der Waals surface area contributed by atoms with Gasteiger partial charge in [-0.2, -0.15) is 0 Å². The molecule has 0 aromatic heterocycles. The molecule has 0 spiro atoms. The number of carbonyl (C=O) groups is 1. The maximum atomic E-state index is 12.9. The number of anilines is 1. The van der Waals surface area contributed by atoms with Crippen molar-refractivity contribution in [3.63, 3.8) is 0 Å². The van der Waals surface area contributed by atoms with Crippen LogP contribution in [0.4, 0.5) is 5.69 Å². The number of amides is 1. The van der Waals surface area contributed by atoms with Crippen LogP contribution in [0.2, 0.25) is 0 Å². The Bertz CT molecular complexity index is 649. The average Bonchev–Trinajstić information content (AvgIpc) is 2.78. The van der Waals surface area contributed by atoms with Gasteiger partial charge < -0.3 is 10.2 Å². The van der Waals surface area contributed by atoms with Crippen molar-refractivity contribution in [2.24, 2.45) is 0 Å². The van der Waals surface area contributed by atoms with Crippen LogP contribution in [0.25, 0.3) is 0 Å². The molecule has 1 amide bonds. The summed E-state index contributed by atoms with van der Waals surface area (Å²) in [4.78, 5) is 14.8. The normalized spacial score (nSPS) is 14.3. The van der Waals surface area contributed by atoms with E-state index in [1.54, 1.807) is 0 Å². The van der Waals surface area contributed by atoms with E-state index in [9.17, 15) is 4.79 Å². The summed E-state index contributed by atoms with van der Waals surface area (Å²) in [6.45, 7) is 1.62. The van der Waals surface area contributed by atoms with Gasteiger partial charge in [-0.25, -0.2) is 0 Å². The van der Waals surface area contributed by atoms with E-state index < -0.39 is 0 Å². The molecule has 0 bridgehead atoms. The van der Waals surface area contributed by atoms with Crippen LogP contribution in [0.1, 0.15) is 34.3 Å². The minimum atomic E-state index is 0.102. The van der Waals surface area contributed by atoms with Gasteiger partial charge in [0.05, 0.1) is 0 Å². The summed E-state index contributed by atoms with van der Waals surface area (Å²) in [7, 11) is 1.92. The molecule has 3 rings (SSSR count). The second-order valence-electron chi connectivity index (χ2n) is 5.77. The van der Waals surface area contributed by atoms with Gasteiger partial charge in [0.15, 0.2) is 0 Å². The average molecular weight is 294 g/mol. The number of hydrogen-bond acceptors (Lipinski definition) is 2. The van der Waals surface area contributed by atoms with E-state index in [1.165, 1.54) is 11.1 Å². The fraction of sp³-hybridized carbons (Fsp3) is 0.316. The monoisotopic (exact) mass is 294 g/mol. The van der Waals surface area contributed by atoms with Gasteiger partial charge in [-0.15, -0.1) is 0 Å². The minimum absolute atomic E-state index is 0.102. The van der Waals surface area contributed by atoms with E-state index in [0.29, 0.717) is 0 Å². The van der Waals surface area contributed by atoms with Gasteiger partial charge in [-0.05, 0) is 55.6 Å². The Kier molecular flexibility index (Phi) is 4.54. The van der Waals surface area contributed by atoms with Crippen LogP contribution >= 0.6 is 0 Å². The van der Waals surface area contributed by atoms with Gasteiger partial charge in [0, 0.05) is 24.3 Å². The first-order valence-corrected chi connectivity index (χ1v) is 7.93. The van der Waals surface area contributed by atoms with Crippen LogP contribution in [-0.2, 0) is 13.0 Å². The second-order valence-corrected chi connectivity index (χ2v) is 5.77. The number of para-hydroxylation sites is 1. The van der Waals surface area contributed by atoms with Crippen LogP contribution in [0.5, 0.6) is 0 Å². The highest BCUT2D eigenvalue weighted by molar-refractivity contribution is 6.06. The highest BCUT2D eigenvalue weighted by Gasteiger charge is 2.21. The van der Waals surface area contributed by atoms with Crippen LogP contribution in [0.15, 0.2) is 48.5 Å². The number of nitrogens with one attached hydrogen (secondary N) is 1. The van der Waals surface area contributed by atoms with Gasteiger partial charge in [-0.1, -0.05) is 30.3 Å². The van der Waals surface area contributed by atoms with Crippen molar-refractivity contribution in [3.8, 4) is 0 Å². The second kappa shape index (κ2) is 6.75. The summed E-state index contributed by atoms with van der Waals surface area (Å²) < 4.78 is 0. The van der Waals surface area contributed by atoms with E-state index in [-0.39, 0.29) is 5.91 Å². The summed E-state index contributed by atoms with van der Waals surface area (Å²) in [5.74, 6) is 0.102. The summed E-state index contributed by atoms with van der Waals surface area (Å²) in [6.07, 6.45) is 3.25. The lowest BCUT2D eigenvalue weighted by molar-refractivity contribution is 0.0987. The molecule has 1 N–H and O–H groups in total. The molecule has 2 aromatic carbocycles. The maximum absolute atomic E-state index is 12.9. The van der Waals surface area contributed by atoms with Crippen molar-refractivity contribution < 1.29 is 4.79 Å². The van der Waals surface area contributed by atoms with Crippen molar-refractivity contribution in [1.29, 1.82) is 0 Å². The Balaban J connectivity index is 1.88. The van der Waals surface area contributed by atoms with E-state index >= 15 is 0 Å². The molecule has 3 nitrogen and oxygen atoms in total. The van der Waals surface area contributed by atoms with Crippen LogP contribution in [0, 0.1) is 0 Å². The van der Waals surface area contributed by atoms with Gasteiger partial charge in [0.1, 0.15) is 0 Å². The minimum Gasteiger partial charge on any atom is -0.316 e. The SMILES string of the molecule is CNCc1ccc(C(=O)N2CCCCc3ccccc32)cc1. The number of rotatable bonds is 3. The number of hydrogen-bond donors (Lipinski definition) is 1. The number of fused-ring (bicyclic) bond motifs is 1. The van der Waals surface area contributed by atoms with Crippen molar-refractivity contribution in [2.75, 3.05) is 18.5 Å². The molecule has 22 heavy (non-hydrogen) atoms. The molecule has 3 heteroatoms. The number of carbonyl (C=O) groups excluding carboxylic acids is 1. The smallest absolute Gasteiger partial charge is 0.258 e. The summed E-state index contributed by atoms with van der Waals surface area (Å²) >= 11 is 0. The first-order chi connectivity index (χ1) is 10.8. The molecular weight excluding hydrogens is 272 g/mol. The molecular formula is C19H22N2O. The van der Waals surface area contributed by atoms with Gasteiger partial charge in [0.2, 0.25) is 0 Å². The zero-order valence-electron chi connectivity index (χ0n) is 13.0. The lowest BCUT2D eigenvalue weighted by Gasteiger charge is -2.23. The molecule has 0 saturated carbocycles. The van der Waals surface area contributed by atoms with Crippen molar-refractivity contribution >= 4 is 11.6 Å². The zero-order chi connectivity index (χ0) is 15.4. The Hall–Kier alpha value is -2.13. The Labute approximate surface area is 132 Å². The van der Waals surface area contributed by atoms with Crippen molar-refractivity contribution in [2.45, 2.75) is 25.8 Å². The van der Waals surface area contributed by atoms with Crippen LogP contribution in [0.3, 0.4) is 0 Å². The summed E-state index contributed by atoms with van der Waals surface area (Å²) in [6, 6.07) is 16.2. The zero-order valence-corrected chi connectivity index (χ0v) is 13.0. The number of aryl methyl sites for hydroxylation is 1. The maximum Gasteiger partial charge on any atom is 0.258 e. The van der Waals surface area contributed by atoms with Crippen molar-refractivity contribution in [1.82, 2.24) is 5.32 Å². The number of benzene rings is 2. The fourth-order valence-corrected chi connectivity index (χ4v) is 3.03. The molecule has 1 heterocycles. The van der Waals surface area contributed by atoms with E-state index in [0.717, 1.165) is 43.6 Å². The third-order valence-corrected chi connectivity index (χ3v) is 4.19. The molecule has 114 valence electrons. The highest BCUT2D eigenvalue weighted by atomic mass is 16.2. The molecule has 0 atom stereocenters. The standard InChI is InChI=1S/C19H22N2O/c1-20-14-15-9-11-17(12-10-15)19(22)21-13-5-4-7-16-6-2-3-8-18(16)21/h2-3,6,8-12,20H,4-5,7,13-14H2,1H3. The molecule has 0 aliphatic carbocycles. The molecule has 1 aliphatic rings. The Morgan fingerprint density at radius 2 is 1.86 bits per heavy atom. The topological polar surface area (TPSA) is 32.3 Å². The lowest BCUT2D eigenvalue weighted by atomic mass is 10.1. The molecule has 0 saturated heterocycles. The number of nitrogens with zero attached hydrogens (tertiary/aromatic N) is 1. The van der Waals surface area contributed by atoms with Gasteiger partial charge in [0.25, 0.3) is 5.91 Å². The third-order valence-electron chi connectivity index (χ3n) is 4.19. The summed E-state index contributed by atoms with van der Waals surface area (Å²) in [5, 5.41) is 3.12. The molecule has 0 unspecified atom stereocenters. The molecule has 1 aliphatic heterocycles. The predicted octanol–water partition coefficient (Wildman–Crippen LogP) is 3.39. The lowest BCUT2D eigenvalue weighted by Crippen LogP contribution is -2.31. The largest absolute Gasteiger partial charge is 0.316 e. The fourth-order valence-electron chi connectivity index (χ4n) is 3.03. The van der Waals surface area contributed by atoms with Crippen LogP contribution < -0.4 is 10.2 Å². The quantitative estimate of drug-likeness (QED) is 0.941. The highest BCUT2D eigenvalue weighted by Crippen LogP contribution is 2.27. The van der Waals surface area contributed by atoms with Gasteiger partial charge >= 0.3 is 0 Å². The van der Waals surface area contributed by atoms with Crippen LogP contribution in [-0.4, -0.2) is 19.5 Å². The third kappa shape index (κ3) is 3.04. The Morgan fingerprint density at radius 3 is 2.64 bits per heavy atom. The summed E-state index contributed by atoms with van der Waals surface area (Å²) in [5.41, 5.74) is 4.30. The van der Waals surface area contributed by atoms with E-state index in [2.05, 4.69) is 23.5 Å². The molecule has 0 radical (unpaired) electrons. The Morgan fingerprint density at radius 1 is 1.09 bits per heavy atom. The van der Waals surface area contributed by atoms with E-state index in [4.69, 9.17) is 0 Å². The molecule has 0 fully saturated rings. The predicted molar refractivity (Wildman–Crippen MR) is 90.3 cm³/mol. The first-order valence-electron chi connectivity index (χ1n) is 7.93. The molecule has 2 aromatic rings. The van der Waals surface area contributed by atoms with Crippen molar-refractivity contribution in [3.05, 3.63) is 65.2 Å². The van der Waals surface area contributed by atoms with Gasteiger partial charge in [-0.3, -0.25) is 4.79 Å². The van der Waals surface area contributed by atoms with E-state index in [1.807, 2.05) is 42.3 Å².